The fourth-order valence-electron chi connectivity index (χ4n) is 1.76. The smallest absolute Gasteiger partial charge is 0.0970 e. The van der Waals surface area contributed by atoms with Crippen molar-refractivity contribution < 1.29 is 0 Å². The average Bonchev–Trinajstić information content (AvgIpc) is 2.63. The highest BCUT2D eigenvalue weighted by atomic mass is 79.9. The molecule has 84 valence electrons. The monoisotopic (exact) mass is 279 g/mol. The Bertz CT molecular complexity index is 517. The van der Waals surface area contributed by atoms with Crippen molar-refractivity contribution in [2.45, 2.75) is 13.5 Å². The van der Waals surface area contributed by atoms with Gasteiger partial charge in [0.1, 0.15) is 0 Å². The van der Waals surface area contributed by atoms with E-state index < -0.39 is 0 Å². The molecule has 1 aromatic carbocycles. The van der Waals surface area contributed by atoms with E-state index in [9.17, 15) is 0 Å². The van der Waals surface area contributed by atoms with Crippen molar-refractivity contribution in [3.8, 4) is 11.3 Å². The van der Waals surface area contributed by atoms with Crippen LogP contribution in [0.4, 0.5) is 0 Å². The van der Waals surface area contributed by atoms with Crippen LogP contribution in [0.25, 0.3) is 11.3 Å². The zero-order valence-electron chi connectivity index (χ0n) is 9.37. The van der Waals surface area contributed by atoms with Gasteiger partial charge in [-0.3, -0.25) is 4.68 Å². The van der Waals surface area contributed by atoms with Crippen molar-refractivity contribution in [1.82, 2.24) is 9.78 Å². The van der Waals surface area contributed by atoms with Gasteiger partial charge in [0.2, 0.25) is 0 Å². The van der Waals surface area contributed by atoms with Crippen molar-refractivity contribution >= 4 is 15.9 Å². The first-order chi connectivity index (χ1) is 7.61. The highest BCUT2D eigenvalue weighted by molar-refractivity contribution is 9.10. The van der Waals surface area contributed by atoms with Gasteiger partial charge in [-0.25, -0.2) is 0 Å². The first-order valence-electron chi connectivity index (χ1n) is 5.11. The van der Waals surface area contributed by atoms with E-state index in [0.29, 0.717) is 6.54 Å². The lowest BCUT2D eigenvalue weighted by Crippen LogP contribution is -1.97. The van der Waals surface area contributed by atoms with Crippen molar-refractivity contribution in [3.63, 3.8) is 0 Å². The van der Waals surface area contributed by atoms with Crippen LogP contribution in [0.5, 0.6) is 0 Å². The molecular formula is C12H14BrN3. The summed E-state index contributed by atoms with van der Waals surface area (Å²) in [5.41, 5.74) is 10.1. The predicted octanol–water partition coefficient (Wildman–Crippen LogP) is 2.62. The second-order valence-electron chi connectivity index (χ2n) is 3.84. The topological polar surface area (TPSA) is 43.8 Å². The van der Waals surface area contributed by atoms with E-state index in [2.05, 4.69) is 40.1 Å². The number of nitrogens with zero attached hydrogens (tertiary/aromatic N) is 2. The van der Waals surface area contributed by atoms with Gasteiger partial charge in [0, 0.05) is 35.4 Å². The fraction of sp³-hybridized carbons (Fsp3) is 0.250. The summed E-state index contributed by atoms with van der Waals surface area (Å²) in [5, 5.41) is 4.47. The molecule has 0 aliphatic carbocycles. The van der Waals surface area contributed by atoms with Crippen LogP contribution in [0.15, 0.2) is 28.9 Å². The first kappa shape index (κ1) is 11.4. The SMILES string of the molecule is Cc1ccc(Br)cc1-c1nn(C)cc1CN. The van der Waals surface area contributed by atoms with E-state index in [1.165, 1.54) is 5.56 Å². The third kappa shape index (κ3) is 2.03. The highest BCUT2D eigenvalue weighted by Crippen LogP contribution is 2.27. The van der Waals surface area contributed by atoms with Crippen LogP contribution in [0.3, 0.4) is 0 Å². The van der Waals surface area contributed by atoms with Gasteiger partial charge in [0.15, 0.2) is 0 Å². The number of rotatable bonds is 2. The molecule has 1 heterocycles. The number of benzene rings is 1. The van der Waals surface area contributed by atoms with Gasteiger partial charge in [0.05, 0.1) is 5.69 Å². The van der Waals surface area contributed by atoms with Crippen LogP contribution in [0.2, 0.25) is 0 Å². The molecule has 0 saturated carbocycles. The minimum absolute atomic E-state index is 0.509. The number of aryl methyl sites for hydroxylation is 2. The van der Waals surface area contributed by atoms with E-state index in [-0.39, 0.29) is 0 Å². The van der Waals surface area contributed by atoms with Gasteiger partial charge in [-0.2, -0.15) is 5.10 Å². The molecule has 0 atom stereocenters. The summed E-state index contributed by atoms with van der Waals surface area (Å²) in [7, 11) is 1.91. The lowest BCUT2D eigenvalue weighted by Gasteiger charge is -2.05. The molecule has 4 heteroatoms. The number of hydrogen-bond donors (Lipinski definition) is 1. The van der Waals surface area contributed by atoms with E-state index in [4.69, 9.17) is 5.73 Å². The van der Waals surface area contributed by atoms with E-state index >= 15 is 0 Å². The molecular weight excluding hydrogens is 266 g/mol. The zero-order valence-corrected chi connectivity index (χ0v) is 11.0. The average molecular weight is 280 g/mol. The Kier molecular flexibility index (Phi) is 3.12. The molecule has 3 nitrogen and oxygen atoms in total. The van der Waals surface area contributed by atoms with Gasteiger partial charge in [-0.1, -0.05) is 22.0 Å². The lowest BCUT2D eigenvalue weighted by molar-refractivity contribution is 0.769. The summed E-state index contributed by atoms with van der Waals surface area (Å²) in [6.45, 7) is 2.59. The van der Waals surface area contributed by atoms with Gasteiger partial charge in [-0.15, -0.1) is 0 Å². The maximum Gasteiger partial charge on any atom is 0.0970 e. The summed E-state index contributed by atoms with van der Waals surface area (Å²) in [4.78, 5) is 0. The number of nitrogens with two attached hydrogens (primary N) is 1. The fourth-order valence-corrected chi connectivity index (χ4v) is 2.12. The minimum atomic E-state index is 0.509. The summed E-state index contributed by atoms with van der Waals surface area (Å²) >= 11 is 3.48. The van der Waals surface area contributed by atoms with Crippen molar-refractivity contribution in [2.24, 2.45) is 12.8 Å². The van der Waals surface area contributed by atoms with Crippen LogP contribution >= 0.6 is 15.9 Å². The van der Waals surface area contributed by atoms with Crippen LogP contribution in [-0.2, 0) is 13.6 Å². The van der Waals surface area contributed by atoms with Crippen LogP contribution < -0.4 is 5.73 Å². The molecule has 0 saturated heterocycles. The second-order valence-corrected chi connectivity index (χ2v) is 4.76. The van der Waals surface area contributed by atoms with Crippen LogP contribution in [0, 0.1) is 6.92 Å². The van der Waals surface area contributed by atoms with Gasteiger partial charge < -0.3 is 5.73 Å². The molecule has 0 amide bonds. The Labute approximate surface area is 103 Å². The highest BCUT2D eigenvalue weighted by Gasteiger charge is 2.11. The molecule has 2 aromatic rings. The molecule has 2 N–H and O–H groups in total. The minimum Gasteiger partial charge on any atom is -0.326 e. The molecule has 16 heavy (non-hydrogen) atoms. The number of halogens is 1. The molecule has 0 fully saturated rings. The first-order valence-corrected chi connectivity index (χ1v) is 5.90. The Hall–Kier alpha value is -1.13. The van der Waals surface area contributed by atoms with Crippen molar-refractivity contribution in [2.75, 3.05) is 0 Å². The normalized spacial score (nSPS) is 10.8. The number of hydrogen-bond acceptors (Lipinski definition) is 2. The summed E-state index contributed by atoms with van der Waals surface area (Å²) in [5.74, 6) is 0. The second kappa shape index (κ2) is 4.39. The Morgan fingerprint density at radius 3 is 2.88 bits per heavy atom. The molecule has 0 aliphatic heterocycles. The lowest BCUT2D eigenvalue weighted by atomic mass is 10.0. The maximum absolute atomic E-state index is 5.72. The molecule has 2 rings (SSSR count). The van der Waals surface area contributed by atoms with E-state index in [1.807, 2.05) is 19.3 Å². The van der Waals surface area contributed by atoms with Crippen molar-refractivity contribution in [1.29, 1.82) is 0 Å². The Morgan fingerprint density at radius 1 is 1.44 bits per heavy atom. The summed E-state index contributed by atoms with van der Waals surface area (Å²) in [6.07, 6.45) is 1.97. The van der Waals surface area contributed by atoms with E-state index in [0.717, 1.165) is 21.3 Å². The Balaban J connectivity index is 2.61. The van der Waals surface area contributed by atoms with Gasteiger partial charge in [0.25, 0.3) is 0 Å². The molecule has 0 aliphatic rings. The van der Waals surface area contributed by atoms with Gasteiger partial charge in [-0.05, 0) is 24.6 Å². The molecule has 0 bridgehead atoms. The summed E-state index contributed by atoms with van der Waals surface area (Å²) < 4.78 is 2.86. The third-order valence-electron chi connectivity index (χ3n) is 2.58. The zero-order chi connectivity index (χ0) is 11.7. The largest absolute Gasteiger partial charge is 0.326 e. The predicted molar refractivity (Wildman–Crippen MR) is 69.0 cm³/mol. The van der Waals surface area contributed by atoms with Gasteiger partial charge >= 0.3 is 0 Å². The van der Waals surface area contributed by atoms with Crippen LogP contribution in [-0.4, -0.2) is 9.78 Å². The summed E-state index contributed by atoms with van der Waals surface area (Å²) in [6, 6.07) is 6.19. The molecule has 0 spiro atoms. The molecule has 0 unspecified atom stereocenters. The molecule has 1 aromatic heterocycles. The quantitative estimate of drug-likeness (QED) is 0.919. The van der Waals surface area contributed by atoms with E-state index in [1.54, 1.807) is 4.68 Å². The van der Waals surface area contributed by atoms with Crippen LogP contribution in [0.1, 0.15) is 11.1 Å². The number of aromatic nitrogens is 2. The third-order valence-corrected chi connectivity index (χ3v) is 3.07. The maximum atomic E-state index is 5.72. The standard InChI is InChI=1S/C12H14BrN3/c1-8-3-4-10(13)5-11(8)12-9(6-14)7-16(2)15-12/h3-5,7H,6,14H2,1-2H3. The molecule has 0 radical (unpaired) electrons. The van der Waals surface area contributed by atoms with Crippen molar-refractivity contribution in [3.05, 3.63) is 40.0 Å². The Morgan fingerprint density at radius 2 is 2.19 bits per heavy atom.